The van der Waals surface area contributed by atoms with Gasteiger partial charge in [-0.1, -0.05) is 32.0 Å². The summed E-state index contributed by atoms with van der Waals surface area (Å²) in [5.41, 5.74) is 1.39. The largest absolute Gasteiger partial charge is 0.484 e. The van der Waals surface area contributed by atoms with Gasteiger partial charge in [0.2, 0.25) is 5.91 Å². The van der Waals surface area contributed by atoms with Crippen LogP contribution in [0, 0.1) is 5.92 Å². The first-order valence-corrected chi connectivity index (χ1v) is 8.54. The molecule has 0 aliphatic carbocycles. The van der Waals surface area contributed by atoms with E-state index in [9.17, 15) is 9.59 Å². The van der Waals surface area contributed by atoms with Gasteiger partial charge in [-0.05, 0) is 48.6 Å². The van der Waals surface area contributed by atoms with Crippen molar-refractivity contribution in [1.29, 1.82) is 0 Å². The highest BCUT2D eigenvalue weighted by Crippen LogP contribution is 2.14. The lowest BCUT2D eigenvalue weighted by molar-refractivity contribution is -0.121. The van der Waals surface area contributed by atoms with Crippen molar-refractivity contribution in [3.8, 4) is 5.75 Å². The van der Waals surface area contributed by atoms with E-state index in [2.05, 4.69) is 16.0 Å². The van der Waals surface area contributed by atoms with Crippen LogP contribution in [0.3, 0.4) is 0 Å². The van der Waals surface area contributed by atoms with Gasteiger partial charge in [-0.15, -0.1) is 0 Å². The Morgan fingerprint density at radius 3 is 2.12 bits per heavy atom. The molecule has 6 nitrogen and oxygen atoms in total. The van der Waals surface area contributed by atoms with Crippen LogP contribution < -0.4 is 20.7 Å². The highest BCUT2D eigenvalue weighted by molar-refractivity contribution is 7.80. The topological polar surface area (TPSA) is 79.5 Å². The van der Waals surface area contributed by atoms with Crippen LogP contribution in [0.4, 0.5) is 11.4 Å². The Morgan fingerprint density at radius 2 is 1.54 bits per heavy atom. The van der Waals surface area contributed by atoms with Crippen molar-refractivity contribution in [2.75, 3.05) is 17.2 Å². The molecule has 0 saturated heterocycles. The minimum absolute atomic E-state index is 0.0492. The number of carbonyl (C=O) groups is 2. The minimum Gasteiger partial charge on any atom is -0.484 e. The van der Waals surface area contributed by atoms with Gasteiger partial charge in [0.1, 0.15) is 5.75 Å². The van der Waals surface area contributed by atoms with E-state index < -0.39 is 0 Å². The SMILES string of the molecule is CC(C)C(=O)Nc1ccc(NC(=S)NC(=O)COc2ccccc2)cc1. The molecule has 2 aromatic rings. The van der Waals surface area contributed by atoms with E-state index in [1.165, 1.54) is 0 Å². The fourth-order valence-electron chi connectivity index (χ4n) is 1.91. The molecule has 2 amide bonds. The molecule has 7 heteroatoms. The third-order valence-electron chi connectivity index (χ3n) is 3.30. The third kappa shape index (κ3) is 6.52. The van der Waals surface area contributed by atoms with E-state index in [4.69, 9.17) is 17.0 Å². The molecule has 0 saturated carbocycles. The maximum absolute atomic E-state index is 11.8. The zero-order valence-electron chi connectivity index (χ0n) is 14.6. The van der Waals surface area contributed by atoms with Gasteiger partial charge in [-0.2, -0.15) is 0 Å². The number of amides is 2. The van der Waals surface area contributed by atoms with Crippen LogP contribution in [0.2, 0.25) is 0 Å². The van der Waals surface area contributed by atoms with Crippen molar-refractivity contribution >= 4 is 40.5 Å². The molecule has 2 aromatic carbocycles. The molecule has 0 aromatic heterocycles. The maximum Gasteiger partial charge on any atom is 0.264 e. The van der Waals surface area contributed by atoms with Gasteiger partial charge < -0.3 is 15.4 Å². The average molecular weight is 371 g/mol. The predicted octanol–water partition coefficient (Wildman–Crippen LogP) is 3.17. The number of hydrogen-bond acceptors (Lipinski definition) is 4. The molecule has 0 aliphatic heterocycles. The molecular formula is C19H21N3O3S. The molecule has 3 N–H and O–H groups in total. The molecule has 0 heterocycles. The molecule has 2 rings (SSSR count). The van der Waals surface area contributed by atoms with E-state index in [0.717, 1.165) is 0 Å². The molecule has 0 spiro atoms. The normalized spacial score (nSPS) is 10.1. The van der Waals surface area contributed by atoms with Crippen molar-refractivity contribution in [2.45, 2.75) is 13.8 Å². The molecular weight excluding hydrogens is 350 g/mol. The Hall–Kier alpha value is -2.93. The summed E-state index contributed by atoms with van der Waals surface area (Å²) < 4.78 is 5.35. The smallest absolute Gasteiger partial charge is 0.264 e. The van der Waals surface area contributed by atoms with Gasteiger partial charge in [-0.3, -0.25) is 14.9 Å². The second-order valence-corrected chi connectivity index (χ2v) is 6.23. The molecule has 0 fully saturated rings. The number of para-hydroxylation sites is 1. The van der Waals surface area contributed by atoms with E-state index in [-0.39, 0.29) is 29.5 Å². The fraction of sp³-hybridized carbons (Fsp3) is 0.211. The lowest BCUT2D eigenvalue weighted by Gasteiger charge is -2.12. The van der Waals surface area contributed by atoms with Crippen LogP contribution in [0.1, 0.15) is 13.8 Å². The fourth-order valence-corrected chi connectivity index (χ4v) is 2.15. The lowest BCUT2D eigenvalue weighted by atomic mass is 10.2. The first kappa shape index (κ1) is 19.4. The van der Waals surface area contributed by atoms with Crippen molar-refractivity contribution in [1.82, 2.24) is 5.32 Å². The molecule has 0 unspecified atom stereocenters. The van der Waals surface area contributed by atoms with E-state index in [1.807, 2.05) is 32.0 Å². The van der Waals surface area contributed by atoms with Crippen LogP contribution in [0.5, 0.6) is 5.75 Å². The van der Waals surface area contributed by atoms with E-state index in [0.29, 0.717) is 17.1 Å². The van der Waals surface area contributed by atoms with Gasteiger partial charge >= 0.3 is 0 Å². The Balaban J connectivity index is 1.78. The van der Waals surface area contributed by atoms with Crippen molar-refractivity contribution in [3.63, 3.8) is 0 Å². The second kappa shape index (κ2) is 9.53. The van der Waals surface area contributed by atoms with Crippen molar-refractivity contribution in [3.05, 3.63) is 54.6 Å². The zero-order chi connectivity index (χ0) is 18.9. The predicted molar refractivity (Wildman–Crippen MR) is 106 cm³/mol. The number of carbonyl (C=O) groups excluding carboxylic acids is 2. The molecule has 0 radical (unpaired) electrons. The van der Waals surface area contributed by atoms with Crippen LogP contribution in [-0.2, 0) is 9.59 Å². The number of hydrogen-bond donors (Lipinski definition) is 3. The van der Waals surface area contributed by atoms with Crippen LogP contribution in [0.25, 0.3) is 0 Å². The summed E-state index contributed by atoms with van der Waals surface area (Å²) in [5, 5.41) is 8.43. The van der Waals surface area contributed by atoms with E-state index in [1.54, 1.807) is 36.4 Å². The molecule has 26 heavy (non-hydrogen) atoms. The Labute approximate surface area is 157 Å². The molecule has 136 valence electrons. The number of anilines is 2. The summed E-state index contributed by atoms with van der Waals surface area (Å²) in [6.45, 7) is 3.52. The molecule has 0 bridgehead atoms. The summed E-state index contributed by atoms with van der Waals surface area (Å²) in [6, 6.07) is 16.1. The Morgan fingerprint density at radius 1 is 0.962 bits per heavy atom. The number of thiocarbonyl (C=S) groups is 1. The number of benzene rings is 2. The first-order chi connectivity index (χ1) is 12.4. The van der Waals surface area contributed by atoms with Crippen molar-refractivity contribution < 1.29 is 14.3 Å². The lowest BCUT2D eigenvalue weighted by Crippen LogP contribution is -2.37. The zero-order valence-corrected chi connectivity index (χ0v) is 15.4. The monoisotopic (exact) mass is 371 g/mol. The summed E-state index contributed by atoms with van der Waals surface area (Å²) >= 11 is 5.11. The highest BCUT2D eigenvalue weighted by Gasteiger charge is 2.08. The maximum atomic E-state index is 11.8. The second-order valence-electron chi connectivity index (χ2n) is 5.83. The van der Waals surface area contributed by atoms with Gasteiger partial charge in [-0.25, -0.2) is 0 Å². The standard InChI is InChI=1S/C19H21N3O3S/c1-13(2)18(24)20-14-8-10-15(11-9-14)21-19(26)22-17(23)12-25-16-6-4-3-5-7-16/h3-11,13H,12H2,1-2H3,(H,20,24)(H2,21,22,23,26). The number of ether oxygens (including phenoxy) is 1. The van der Waals surface area contributed by atoms with Gasteiger partial charge in [0, 0.05) is 17.3 Å². The highest BCUT2D eigenvalue weighted by atomic mass is 32.1. The van der Waals surface area contributed by atoms with Gasteiger partial charge in [0.15, 0.2) is 11.7 Å². The number of nitrogens with one attached hydrogen (secondary N) is 3. The molecule has 0 atom stereocenters. The minimum atomic E-state index is -0.354. The van der Waals surface area contributed by atoms with Gasteiger partial charge in [0.05, 0.1) is 0 Å². The van der Waals surface area contributed by atoms with Crippen LogP contribution >= 0.6 is 12.2 Å². The van der Waals surface area contributed by atoms with Crippen LogP contribution in [0.15, 0.2) is 54.6 Å². The summed E-state index contributed by atoms with van der Waals surface area (Å²) in [6.07, 6.45) is 0. The Bertz CT molecular complexity index is 761. The Kier molecular flexibility index (Phi) is 7.11. The summed E-state index contributed by atoms with van der Waals surface area (Å²) in [5.74, 6) is 0.119. The average Bonchev–Trinajstić information content (AvgIpc) is 2.62. The third-order valence-corrected chi connectivity index (χ3v) is 3.50. The van der Waals surface area contributed by atoms with E-state index >= 15 is 0 Å². The first-order valence-electron chi connectivity index (χ1n) is 8.13. The van der Waals surface area contributed by atoms with Crippen LogP contribution in [-0.4, -0.2) is 23.5 Å². The summed E-state index contributed by atoms with van der Waals surface area (Å²) in [4.78, 5) is 23.5. The summed E-state index contributed by atoms with van der Waals surface area (Å²) in [7, 11) is 0. The molecule has 0 aliphatic rings. The van der Waals surface area contributed by atoms with Gasteiger partial charge in [0.25, 0.3) is 5.91 Å². The van der Waals surface area contributed by atoms with Crippen molar-refractivity contribution in [2.24, 2.45) is 5.92 Å². The number of rotatable bonds is 6. The quantitative estimate of drug-likeness (QED) is 0.680.